The second kappa shape index (κ2) is 9.34. The Kier molecular flexibility index (Phi) is 6.62. The van der Waals surface area contributed by atoms with Crippen LogP contribution < -0.4 is 5.73 Å². The van der Waals surface area contributed by atoms with Crippen LogP contribution in [0.25, 0.3) is 0 Å². The second-order valence-electron chi connectivity index (χ2n) is 7.19. The molecule has 0 aliphatic rings. The third kappa shape index (κ3) is 4.32. The molecule has 0 saturated carbocycles. The van der Waals surface area contributed by atoms with Crippen LogP contribution in [0.15, 0.2) is 91.0 Å². The summed E-state index contributed by atoms with van der Waals surface area (Å²) < 4.78 is 0. The maximum Gasteiger partial charge on any atom is 0.320 e. The van der Waals surface area contributed by atoms with Crippen LogP contribution in [0.2, 0.25) is 0 Å². The van der Waals surface area contributed by atoms with Gasteiger partial charge in [0.05, 0.1) is 0 Å². The molecule has 0 spiro atoms. The fraction of sp³-hybridized carbons (Fsp3) is 0.240. The third-order valence-electron chi connectivity index (χ3n) is 5.43. The average molecular weight is 373 g/mol. The molecule has 3 aromatic rings. The smallest absolute Gasteiger partial charge is 0.320 e. The van der Waals surface area contributed by atoms with E-state index in [2.05, 4.69) is 72.8 Å². The zero-order valence-electron chi connectivity index (χ0n) is 16.0. The molecule has 3 rings (SSSR count). The van der Waals surface area contributed by atoms with Crippen molar-refractivity contribution in [3.63, 3.8) is 0 Å². The largest absolute Gasteiger partial charge is 0.480 e. The van der Waals surface area contributed by atoms with Gasteiger partial charge in [-0.2, -0.15) is 0 Å². The molecule has 0 fully saturated rings. The minimum Gasteiger partial charge on any atom is -0.480 e. The van der Waals surface area contributed by atoms with Gasteiger partial charge in [-0.1, -0.05) is 104 Å². The highest BCUT2D eigenvalue weighted by molar-refractivity contribution is 5.72. The summed E-state index contributed by atoms with van der Waals surface area (Å²) in [6.45, 7) is 0. The number of carboxylic acid groups (broad SMARTS) is 1. The summed E-state index contributed by atoms with van der Waals surface area (Å²) in [5.41, 5.74) is 9.16. The summed E-state index contributed by atoms with van der Waals surface area (Å²) in [6, 6.07) is 30.9. The Hall–Kier alpha value is -2.91. The van der Waals surface area contributed by atoms with E-state index in [9.17, 15) is 4.79 Å². The molecule has 144 valence electrons. The minimum absolute atomic E-state index is 0.281. The van der Waals surface area contributed by atoms with Crippen molar-refractivity contribution in [2.75, 3.05) is 0 Å². The second-order valence-corrected chi connectivity index (χ2v) is 7.19. The van der Waals surface area contributed by atoms with Crippen molar-refractivity contribution < 1.29 is 9.90 Å². The standard InChI is InChI=1S/C25H27NO2/c26-23(24(27)28)18-10-11-19-25(20-12-4-1-5-13-20,21-14-6-2-7-15-21)22-16-8-3-9-17-22/h1-9,12-17,23H,10-11,18-19,26H2,(H,27,28). The fourth-order valence-corrected chi connectivity index (χ4v) is 3.98. The molecule has 1 atom stereocenters. The van der Waals surface area contributed by atoms with E-state index in [1.165, 1.54) is 16.7 Å². The Balaban J connectivity index is 2.00. The maximum atomic E-state index is 11.0. The van der Waals surface area contributed by atoms with E-state index in [4.69, 9.17) is 10.8 Å². The molecule has 0 aliphatic carbocycles. The van der Waals surface area contributed by atoms with E-state index in [0.29, 0.717) is 6.42 Å². The lowest BCUT2D eigenvalue weighted by Gasteiger charge is -2.36. The molecule has 0 amide bonds. The van der Waals surface area contributed by atoms with Crippen LogP contribution in [-0.2, 0) is 10.2 Å². The van der Waals surface area contributed by atoms with Gasteiger partial charge < -0.3 is 10.8 Å². The lowest BCUT2D eigenvalue weighted by Crippen LogP contribution is -2.31. The maximum absolute atomic E-state index is 11.0. The number of hydrogen-bond acceptors (Lipinski definition) is 2. The number of hydrogen-bond donors (Lipinski definition) is 2. The van der Waals surface area contributed by atoms with E-state index in [1.54, 1.807) is 0 Å². The number of rotatable bonds is 9. The Morgan fingerprint density at radius 2 is 1.14 bits per heavy atom. The molecule has 0 aromatic heterocycles. The van der Waals surface area contributed by atoms with Crippen molar-refractivity contribution >= 4 is 5.97 Å². The first-order chi connectivity index (χ1) is 13.6. The number of aliphatic carboxylic acids is 1. The highest BCUT2D eigenvalue weighted by atomic mass is 16.4. The number of carboxylic acids is 1. The summed E-state index contributed by atoms with van der Waals surface area (Å²) in [5.74, 6) is -0.930. The first kappa shape index (κ1) is 19.8. The quantitative estimate of drug-likeness (QED) is 0.410. The van der Waals surface area contributed by atoms with Crippen LogP contribution in [-0.4, -0.2) is 17.1 Å². The molecule has 3 N–H and O–H groups in total. The first-order valence-corrected chi connectivity index (χ1v) is 9.79. The molecular formula is C25H27NO2. The normalized spacial score (nSPS) is 12.5. The van der Waals surface area contributed by atoms with Gasteiger partial charge in [-0.15, -0.1) is 0 Å². The minimum atomic E-state index is -0.930. The van der Waals surface area contributed by atoms with E-state index in [1.807, 2.05) is 18.2 Å². The summed E-state index contributed by atoms with van der Waals surface area (Å²) in [4.78, 5) is 11.0. The molecule has 0 radical (unpaired) electrons. The van der Waals surface area contributed by atoms with Crippen LogP contribution in [0, 0.1) is 0 Å². The summed E-state index contributed by atoms with van der Waals surface area (Å²) in [5, 5.41) is 9.05. The molecule has 3 aromatic carbocycles. The third-order valence-corrected chi connectivity index (χ3v) is 5.43. The van der Waals surface area contributed by atoms with Gasteiger partial charge in [0.25, 0.3) is 0 Å². The molecule has 1 unspecified atom stereocenters. The molecule has 0 saturated heterocycles. The number of unbranched alkanes of at least 4 members (excludes halogenated alkanes) is 1. The van der Waals surface area contributed by atoms with Crippen LogP contribution in [0.4, 0.5) is 0 Å². The summed E-state index contributed by atoms with van der Waals surface area (Å²) in [6.07, 6.45) is 3.04. The first-order valence-electron chi connectivity index (χ1n) is 9.79. The van der Waals surface area contributed by atoms with Gasteiger partial charge in [0.15, 0.2) is 0 Å². The predicted molar refractivity (Wildman–Crippen MR) is 113 cm³/mol. The molecule has 0 bridgehead atoms. The Bertz CT molecular complexity index is 766. The van der Waals surface area contributed by atoms with Crippen molar-refractivity contribution in [1.29, 1.82) is 0 Å². The lowest BCUT2D eigenvalue weighted by molar-refractivity contribution is -0.138. The van der Waals surface area contributed by atoms with Crippen molar-refractivity contribution in [1.82, 2.24) is 0 Å². The Morgan fingerprint density at radius 3 is 1.50 bits per heavy atom. The number of benzene rings is 3. The molecule has 0 aliphatic heterocycles. The molecular weight excluding hydrogens is 346 g/mol. The van der Waals surface area contributed by atoms with Crippen molar-refractivity contribution in [2.45, 2.75) is 37.1 Å². The van der Waals surface area contributed by atoms with Gasteiger partial charge in [0.1, 0.15) is 6.04 Å². The summed E-state index contributed by atoms with van der Waals surface area (Å²) in [7, 11) is 0. The fourth-order valence-electron chi connectivity index (χ4n) is 3.98. The van der Waals surface area contributed by atoms with Crippen LogP contribution >= 0.6 is 0 Å². The lowest BCUT2D eigenvalue weighted by atomic mass is 9.66. The SMILES string of the molecule is NC(CCCCC(c1ccccc1)(c1ccccc1)c1ccccc1)C(=O)O. The van der Waals surface area contributed by atoms with Gasteiger partial charge in [0, 0.05) is 5.41 Å². The molecule has 28 heavy (non-hydrogen) atoms. The van der Waals surface area contributed by atoms with Crippen LogP contribution in [0.5, 0.6) is 0 Å². The van der Waals surface area contributed by atoms with E-state index in [-0.39, 0.29) is 5.41 Å². The van der Waals surface area contributed by atoms with Crippen LogP contribution in [0.3, 0.4) is 0 Å². The highest BCUT2D eigenvalue weighted by Gasteiger charge is 2.35. The highest BCUT2D eigenvalue weighted by Crippen LogP contribution is 2.43. The van der Waals surface area contributed by atoms with Gasteiger partial charge in [-0.3, -0.25) is 4.79 Å². The van der Waals surface area contributed by atoms with Gasteiger partial charge in [0.2, 0.25) is 0 Å². The zero-order valence-corrected chi connectivity index (χ0v) is 16.0. The van der Waals surface area contributed by atoms with Gasteiger partial charge in [-0.05, 0) is 29.5 Å². The molecule has 0 heterocycles. The molecule has 3 nitrogen and oxygen atoms in total. The zero-order chi connectivity index (χ0) is 19.8. The topological polar surface area (TPSA) is 63.3 Å². The average Bonchev–Trinajstić information content (AvgIpc) is 2.75. The van der Waals surface area contributed by atoms with Gasteiger partial charge >= 0.3 is 5.97 Å². The number of carbonyl (C=O) groups is 1. The predicted octanol–water partition coefficient (Wildman–Crippen LogP) is 4.99. The van der Waals surface area contributed by atoms with E-state index in [0.717, 1.165) is 19.3 Å². The van der Waals surface area contributed by atoms with Gasteiger partial charge in [-0.25, -0.2) is 0 Å². The Labute approximate surface area is 166 Å². The molecule has 3 heteroatoms. The number of nitrogens with two attached hydrogens (primary N) is 1. The Morgan fingerprint density at radius 1 is 0.750 bits per heavy atom. The van der Waals surface area contributed by atoms with Crippen molar-refractivity contribution in [3.8, 4) is 0 Å². The monoisotopic (exact) mass is 373 g/mol. The van der Waals surface area contributed by atoms with E-state index < -0.39 is 12.0 Å². The van der Waals surface area contributed by atoms with Crippen molar-refractivity contribution in [3.05, 3.63) is 108 Å². The van der Waals surface area contributed by atoms with E-state index >= 15 is 0 Å². The van der Waals surface area contributed by atoms with Crippen LogP contribution in [0.1, 0.15) is 42.4 Å². The summed E-state index contributed by atoms with van der Waals surface area (Å²) >= 11 is 0. The van der Waals surface area contributed by atoms with Crippen molar-refractivity contribution in [2.24, 2.45) is 5.73 Å².